The topological polar surface area (TPSA) is 105 Å². The van der Waals surface area contributed by atoms with Crippen molar-refractivity contribution in [2.75, 3.05) is 16.5 Å². The Balaban J connectivity index is 1.72. The Morgan fingerprint density at radius 1 is 1.04 bits per heavy atom. The zero-order valence-electron chi connectivity index (χ0n) is 14.0. The van der Waals surface area contributed by atoms with Gasteiger partial charge in [-0.1, -0.05) is 18.2 Å². The van der Waals surface area contributed by atoms with Gasteiger partial charge in [-0.05, 0) is 42.8 Å². The van der Waals surface area contributed by atoms with Crippen molar-refractivity contribution in [2.45, 2.75) is 6.92 Å². The normalized spacial score (nSPS) is 10.2. The Morgan fingerprint density at radius 2 is 1.73 bits per heavy atom. The average molecular weight is 352 g/mol. The molecule has 7 nitrogen and oxygen atoms in total. The first kappa shape index (κ1) is 17.2. The van der Waals surface area contributed by atoms with Crippen LogP contribution in [0.2, 0.25) is 0 Å². The van der Waals surface area contributed by atoms with Gasteiger partial charge in [0.1, 0.15) is 17.8 Å². The number of hydrogen-bond donors (Lipinski definition) is 4. The van der Waals surface area contributed by atoms with Crippen molar-refractivity contribution in [1.29, 1.82) is 0 Å². The number of nitrogen functional groups attached to an aromatic ring is 1. The maximum Gasteiger partial charge on any atom is 0.269 e. The molecule has 1 aromatic heterocycles. The van der Waals surface area contributed by atoms with Crippen LogP contribution in [0.5, 0.6) is 0 Å². The number of para-hydroxylation sites is 1. The summed E-state index contributed by atoms with van der Waals surface area (Å²) in [6, 6.07) is 12.9. The van der Waals surface area contributed by atoms with Crippen LogP contribution in [0.15, 0.2) is 54.9 Å². The summed E-state index contributed by atoms with van der Waals surface area (Å²) in [6.07, 6.45) is 1.32. The van der Waals surface area contributed by atoms with E-state index in [1.165, 1.54) is 30.6 Å². The van der Waals surface area contributed by atoms with Crippen molar-refractivity contribution in [3.8, 4) is 0 Å². The quantitative estimate of drug-likeness (QED) is 0.526. The third-order valence-corrected chi connectivity index (χ3v) is 3.68. The second-order valence-electron chi connectivity index (χ2n) is 5.51. The second-order valence-corrected chi connectivity index (χ2v) is 5.51. The minimum Gasteiger partial charge on any atom is -0.393 e. The van der Waals surface area contributed by atoms with Crippen LogP contribution in [0, 0.1) is 12.7 Å². The van der Waals surface area contributed by atoms with E-state index in [9.17, 15) is 9.18 Å². The minimum atomic E-state index is -0.448. The number of hydrogen-bond acceptors (Lipinski definition) is 6. The van der Waals surface area contributed by atoms with Gasteiger partial charge in [-0.15, -0.1) is 0 Å². The van der Waals surface area contributed by atoms with E-state index in [0.29, 0.717) is 11.4 Å². The zero-order valence-corrected chi connectivity index (χ0v) is 14.0. The molecule has 0 saturated carbocycles. The molecule has 0 aliphatic heterocycles. The molecule has 3 aromatic rings. The fraction of sp³-hybridized carbons (Fsp3) is 0.0556. The van der Waals surface area contributed by atoms with Crippen LogP contribution in [-0.4, -0.2) is 15.9 Å². The molecule has 0 aliphatic carbocycles. The van der Waals surface area contributed by atoms with E-state index in [4.69, 9.17) is 5.73 Å². The molecule has 0 spiro atoms. The molecule has 0 fully saturated rings. The summed E-state index contributed by atoms with van der Waals surface area (Å²) < 4.78 is 12.9. The highest BCUT2D eigenvalue weighted by atomic mass is 19.1. The molecule has 0 aliphatic rings. The molecule has 1 heterocycles. The number of carbonyl (C=O) groups is 1. The van der Waals surface area contributed by atoms with Crippen LogP contribution in [0.3, 0.4) is 0 Å². The monoisotopic (exact) mass is 352 g/mol. The van der Waals surface area contributed by atoms with Crippen LogP contribution in [-0.2, 0) is 0 Å². The van der Waals surface area contributed by atoms with Crippen molar-refractivity contribution in [3.05, 3.63) is 71.8 Å². The number of hydrazine groups is 1. The van der Waals surface area contributed by atoms with Crippen molar-refractivity contribution in [2.24, 2.45) is 0 Å². The summed E-state index contributed by atoms with van der Waals surface area (Å²) in [5, 5.41) is 3.14. The van der Waals surface area contributed by atoms with E-state index in [-0.39, 0.29) is 11.5 Å². The van der Waals surface area contributed by atoms with Gasteiger partial charge in [-0.25, -0.2) is 14.4 Å². The Morgan fingerprint density at radius 3 is 2.46 bits per heavy atom. The summed E-state index contributed by atoms with van der Waals surface area (Å²) >= 11 is 0. The maximum absolute atomic E-state index is 12.9. The van der Waals surface area contributed by atoms with Crippen LogP contribution in [0.4, 0.5) is 27.4 Å². The van der Waals surface area contributed by atoms with E-state index < -0.39 is 11.7 Å². The summed E-state index contributed by atoms with van der Waals surface area (Å²) in [4.78, 5) is 20.2. The molecule has 26 heavy (non-hydrogen) atoms. The SMILES string of the molecule is Cc1ccccc1Nc1ncnc(NNC(=O)c2ccc(F)cc2)c1N. The first-order chi connectivity index (χ1) is 12.5. The number of halogens is 1. The number of amides is 1. The van der Waals surface area contributed by atoms with Crippen LogP contribution in [0.25, 0.3) is 0 Å². The third kappa shape index (κ3) is 3.86. The molecule has 0 unspecified atom stereocenters. The fourth-order valence-corrected chi connectivity index (χ4v) is 2.22. The maximum atomic E-state index is 12.9. The van der Waals surface area contributed by atoms with Crippen LogP contribution in [0.1, 0.15) is 15.9 Å². The lowest BCUT2D eigenvalue weighted by Crippen LogP contribution is -2.30. The van der Waals surface area contributed by atoms with E-state index in [1.54, 1.807) is 0 Å². The smallest absolute Gasteiger partial charge is 0.269 e. The van der Waals surface area contributed by atoms with E-state index >= 15 is 0 Å². The molecule has 8 heteroatoms. The van der Waals surface area contributed by atoms with E-state index in [1.807, 2.05) is 31.2 Å². The number of nitrogens with one attached hydrogen (secondary N) is 3. The summed E-state index contributed by atoms with van der Waals surface area (Å²) in [6.45, 7) is 1.96. The van der Waals surface area contributed by atoms with Crippen LogP contribution < -0.4 is 21.9 Å². The Bertz CT molecular complexity index is 929. The number of anilines is 4. The number of nitrogens with two attached hydrogens (primary N) is 1. The van der Waals surface area contributed by atoms with Crippen molar-refractivity contribution in [3.63, 3.8) is 0 Å². The number of aromatic nitrogens is 2. The largest absolute Gasteiger partial charge is 0.393 e. The molecule has 0 atom stereocenters. The molecule has 2 aromatic carbocycles. The van der Waals surface area contributed by atoms with Crippen molar-refractivity contribution < 1.29 is 9.18 Å². The molecule has 0 bridgehead atoms. The summed E-state index contributed by atoms with van der Waals surface area (Å²) in [5.41, 5.74) is 13.6. The Labute approximate surface area is 149 Å². The number of benzene rings is 2. The van der Waals surface area contributed by atoms with Gasteiger partial charge in [0.05, 0.1) is 0 Å². The average Bonchev–Trinajstić information content (AvgIpc) is 2.64. The van der Waals surface area contributed by atoms with E-state index in [2.05, 4.69) is 26.1 Å². The molecule has 0 saturated heterocycles. The molecule has 0 radical (unpaired) electrons. The Kier molecular flexibility index (Phi) is 4.93. The zero-order chi connectivity index (χ0) is 18.5. The van der Waals surface area contributed by atoms with Gasteiger partial charge >= 0.3 is 0 Å². The number of aryl methyl sites for hydroxylation is 1. The molecular formula is C18H17FN6O. The lowest BCUT2D eigenvalue weighted by molar-refractivity contribution is 0.0962. The molecule has 132 valence electrons. The molecule has 3 rings (SSSR count). The predicted octanol–water partition coefficient (Wildman–Crippen LogP) is 3.01. The van der Waals surface area contributed by atoms with Gasteiger partial charge < -0.3 is 11.1 Å². The van der Waals surface area contributed by atoms with Gasteiger partial charge in [0.2, 0.25) is 0 Å². The van der Waals surface area contributed by atoms with Gasteiger partial charge in [0.25, 0.3) is 5.91 Å². The van der Waals surface area contributed by atoms with Gasteiger partial charge in [-0.3, -0.25) is 15.6 Å². The molecule has 1 amide bonds. The van der Waals surface area contributed by atoms with Crippen molar-refractivity contribution in [1.82, 2.24) is 15.4 Å². The summed E-state index contributed by atoms with van der Waals surface area (Å²) in [7, 11) is 0. The van der Waals surface area contributed by atoms with Crippen molar-refractivity contribution >= 4 is 28.9 Å². The second kappa shape index (κ2) is 7.47. The van der Waals surface area contributed by atoms with Gasteiger partial charge in [-0.2, -0.15) is 0 Å². The number of rotatable bonds is 5. The standard InChI is InChI=1S/C18H17FN6O/c1-11-4-2-3-5-14(11)23-16-15(20)17(22-10-21-16)24-25-18(26)12-6-8-13(19)9-7-12/h2-10H,20H2,1H3,(H,25,26)(H2,21,22,23,24). The highest BCUT2D eigenvalue weighted by Crippen LogP contribution is 2.26. The predicted molar refractivity (Wildman–Crippen MR) is 98.4 cm³/mol. The minimum absolute atomic E-state index is 0.242. The fourth-order valence-electron chi connectivity index (χ4n) is 2.22. The molecule has 5 N–H and O–H groups in total. The van der Waals surface area contributed by atoms with Gasteiger partial charge in [0.15, 0.2) is 11.6 Å². The molecular weight excluding hydrogens is 335 g/mol. The first-order valence-electron chi connectivity index (χ1n) is 7.79. The first-order valence-corrected chi connectivity index (χ1v) is 7.79. The van der Waals surface area contributed by atoms with Crippen LogP contribution >= 0.6 is 0 Å². The highest BCUT2D eigenvalue weighted by molar-refractivity contribution is 5.95. The highest BCUT2D eigenvalue weighted by Gasteiger charge is 2.11. The van der Waals surface area contributed by atoms with Gasteiger partial charge in [0, 0.05) is 11.3 Å². The number of nitrogens with zero attached hydrogens (tertiary/aromatic N) is 2. The lowest BCUT2D eigenvalue weighted by Gasteiger charge is -2.14. The number of carbonyl (C=O) groups excluding carboxylic acids is 1. The summed E-state index contributed by atoms with van der Waals surface area (Å²) in [5.74, 6) is -0.211. The Hall–Kier alpha value is -3.68. The third-order valence-electron chi connectivity index (χ3n) is 3.68. The van der Waals surface area contributed by atoms with E-state index in [0.717, 1.165) is 11.3 Å². The lowest BCUT2D eigenvalue weighted by atomic mass is 10.2.